The smallest absolute Gasteiger partial charge is 0.252 e. The molecule has 3 rings (SSSR count). The fourth-order valence-corrected chi connectivity index (χ4v) is 2.56. The Balaban J connectivity index is 1.87. The summed E-state index contributed by atoms with van der Waals surface area (Å²) in [5.41, 5.74) is 1.06. The number of hydrogen-bond acceptors (Lipinski definition) is 1. The third-order valence-corrected chi connectivity index (χ3v) is 3.83. The fourth-order valence-electron chi connectivity index (χ4n) is 2.56. The van der Waals surface area contributed by atoms with Crippen LogP contribution >= 0.6 is 0 Å². The highest BCUT2D eigenvalue weighted by Crippen LogP contribution is 2.20. The number of benzene rings is 3. The Labute approximate surface area is 132 Å². The summed E-state index contributed by atoms with van der Waals surface area (Å²) in [6, 6.07) is 16.3. The SMILES string of the molecule is CC(NC(=O)c1cccc2ccccc12)c1ccc(F)c(F)c1. The Kier molecular flexibility index (Phi) is 4.06. The Bertz CT molecular complexity index is 871. The molecule has 0 bridgehead atoms. The molecule has 116 valence electrons. The molecule has 0 saturated heterocycles. The third-order valence-electron chi connectivity index (χ3n) is 3.83. The van der Waals surface area contributed by atoms with E-state index in [0.717, 1.165) is 22.9 Å². The van der Waals surface area contributed by atoms with Gasteiger partial charge >= 0.3 is 0 Å². The summed E-state index contributed by atoms with van der Waals surface area (Å²) in [6.45, 7) is 1.73. The summed E-state index contributed by atoms with van der Waals surface area (Å²) in [5.74, 6) is -2.07. The second-order valence-electron chi connectivity index (χ2n) is 5.40. The van der Waals surface area contributed by atoms with Gasteiger partial charge in [-0.2, -0.15) is 0 Å². The predicted molar refractivity (Wildman–Crippen MR) is 86.2 cm³/mol. The number of halogens is 2. The lowest BCUT2D eigenvalue weighted by atomic mass is 10.0. The Morgan fingerprint density at radius 2 is 1.70 bits per heavy atom. The van der Waals surface area contributed by atoms with Crippen LogP contribution < -0.4 is 5.32 Å². The molecule has 0 aliphatic carbocycles. The summed E-state index contributed by atoms with van der Waals surface area (Å²) >= 11 is 0. The van der Waals surface area contributed by atoms with Crippen molar-refractivity contribution in [2.75, 3.05) is 0 Å². The van der Waals surface area contributed by atoms with Gasteiger partial charge in [0, 0.05) is 5.56 Å². The molecule has 4 heteroatoms. The molecular formula is C19H15F2NO. The van der Waals surface area contributed by atoms with Crippen molar-refractivity contribution in [3.63, 3.8) is 0 Å². The molecule has 0 saturated carbocycles. The standard InChI is InChI=1S/C19H15F2NO/c1-12(14-9-10-17(20)18(21)11-14)22-19(23)16-8-4-6-13-5-2-3-7-15(13)16/h2-12H,1H3,(H,22,23). The maximum absolute atomic E-state index is 13.3. The first-order chi connectivity index (χ1) is 11.1. The second-order valence-corrected chi connectivity index (χ2v) is 5.40. The Morgan fingerprint density at radius 1 is 0.957 bits per heavy atom. The molecule has 0 radical (unpaired) electrons. The molecule has 1 unspecified atom stereocenters. The van der Waals surface area contributed by atoms with Crippen molar-refractivity contribution in [2.45, 2.75) is 13.0 Å². The van der Waals surface area contributed by atoms with E-state index in [2.05, 4.69) is 5.32 Å². The van der Waals surface area contributed by atoms with Crippen molar-refractivity contribution >= 4 is 16.7 Å². The van der Waals surface area contributed by atoms with Gasteiger partial charge in [0.1, 0.15) is 0 Å². The molecule has 3 aromatic carbocycles. The van der Waals surface area contributed by atoms with E-state index < -0.39 is 17.7 Å². The number of fused-ring (bicyclic) bond motifs is 1. The van der Waals surface area contributed by atoms with Crippen LogP contribution in [0.3, 0.4) is 0 Å². The quantitative estimate of drug-likeness (QED) is 0.752. The molecule has 0 fully saturated rings. The van der Waals surface area contributed by atoms with Crippen molar-refractivity contribution in [2.24, 2.45) is 0 Å². The lowest BCUT2D eigenvalue weighted by molar-refractivity contribution is 0.0941. The van der Waals surface area contributed by atoms with Gasteiger partial charge in [-0.05, 0) is 41.5 Å². The van der Waals surface area contributed by atoms with Gasteiger partial charge in [0.2, 0.25) is 0 Å². The van der Waals surface area contributed by atoms with Crippen molar-refractivity contribution in [3.05, 3.63) is 83.4 Å². The number of amides is 1. The van der Waals surface area contributed by atoms with E-state index in [1.807, 2.05) is 36.4 Å². The van der Waals surface area contributed by atoms with Gasteiger partial charge in [-0.25, -0.2) is 8.78 Å². The number of hydrogen-bond donors (Lipinski definition) is 1. The van der Waals surface area contributed by atoms with Crippen molar-refractivity contribution in [1.29, 1.82) is 0 Å². The predicted octanol–water partition coefficient (Wildman–Crippen LogP) is 4.61. The zero-order chi connectivity index (χ0) is 16.4. The van der Waals surface area contributed by atoms with Crippen molar-refractivity contribution in [3.8, 4) is 0 Å². The summed E-state index contributed by atoms with van der Waals surface area (Å²) in [4.78, 5) is 12.5. The van der Waals surface area contributed by atoms with Gasteiger partial charge in [-0.15, -0.1) is 0 Å². The summed E-state index contributed by atoms with van der Waals surface area (Å²) in [6.07, 6.45) is 0. The minimum Gasteiger partial charge on any atom is -0.345 e. The van der Waals surface area contributed by atoms with E-state index in [-0.39, 0.29) is 5.91 Å². The van der Waals surface area contributed by atoms with Crippen LogP contribution in [0.4, 0.5) is 8.78 Å². The van der Waals surface area contributed by atoms with Crippen LogP contribution in [0.1, 0.15) is 28.9 Å². The third kappa shape index (κ3) is 3.06. The summed E-state index contributed by atoms with van der Waals surface area (Å²) in [7, 11) is 0. The van der Waals surface area contributed by atoms with Gasteiger partial charge in [0.15, 0.2) is 11.6 Å². The van der Waals surface area contributed by atoms with E-state index in [0.29, 0.717) is 11.1 Å². The normalized spacial score (nSPS) is 12.1. The molecule has 23 heavy (non-hydrogen) atoms. The highest BCUT2D eigenvalue weighted by atomic mass is 19.2. The van der Waals surface area contributed by atoms with Gasteiger partial charge in [0.25, 0.3) is 5.91 Å². The van der Waals surface area contributed by atoms with Crippen LogP contribution in [0.5, 0.6) is 0 Å². The summed E-state index contributed by atoms with van der Waals surface area (Å²) in [5, 5.41) is 4.65. The highest BCUT2D eigenvalue weighted by molar-refractivity contribution is 6.07. The van der Waals surface area contributed by atoms with Crippen LogP contribution in [0.15, 0.2) is 60.7 Å². The monoisotopic (exact) mass is 311 g/mol. The van der Waals surface area contributed by atoms with Gasteiger partial charge in [0.05, 0.1) is 6.04 Å². The maximum Gasteiger partial charge on any atom is 0.252 e. The molecule has 3 aromatic rings. The Hall–Kier alpha value is -2.75. The molecule has 2 nitrogen and oxygen atoms in total. The summed E-state index contributed by atoms with van der Waals surface area (Å²) < 4.78 is 26.3. The van der Waals surface area contributed by atoms with E-state index >= 15 is 0 Å². The average Bonchev–Trinajstić information content (AvgIpc) is 2.56. The van der Waals surface area contributed by atoms with Crippen LogP contribution in [-0.4, -0.2) is 5.91 Å². The molecule has 1 atom stereocenters. The molecule has 0 aliphatic heterocycles. The zero-order valence-electron chi connectivity index (χ0n) is 12.5. The van der Waals surface area contributed by atoms with E-state index in [1.165, 1.54) is 6.07 Å². The lowest BCUT2D eigenvalue weighted by Crippen LogP contribution is -2.26. The first-order valence-electron chi connectivity index (χ1n) is 7.30. The van der Waals surface area contributed by atoms with Crippen LogP contribution in [0.2, 0.25) is 0 Å². The largest absolute Gasteiger partial charge is 0.345 e. The fraction of sp³-hybridized carbons (Fsp3) is 0.105. The molecule has 0 spiro atoms. The lowest BCUT2D eigenvalue weighted by Gasteiger charge is -2.15. The van der Waals surface area contributed by atoms with Gasteiger partial charge < -0.3 is 5.32 Å². The number of carbonyl (C=O) groups excluding carboxylic acids is 1. The highest BCUT2D eigenvalue weighted by Gasteiger charge is 2.15. The molecule has 1 N–H and O–H groups in total. The first kappa shape index (κ1) is 15.2. The topological polar surface area (TPSA) is 29.1 Å². The molecule has 0 aromatic heterocycles. The zero-order valence-corrected chi connectivity index (χ0v) is 12.5. The minimum absolute atomic E-state index is 0.251. The Morgan fingerprint density at radius 3 is 2.48 bits per heavy atom. The number of carbonyl (C=O) groups is 1. The maximum atomic E-state index is 13.3. The molecular weight excluding hydrogens is 296 g/mol. The van der Waals surface area contributed by atoms with Gasteiger partial charge in [-0.1, -0.05) is 42.5 Å². The minimum atomic E-state index is -0.922. The van der Waals surface area contributed by atoms with E-state index in [1.54, 1.807) is 13.0 Å². The van der Waals surface area contributed by atoms with Crippen LogP contribution in [0.25, 0.3) is 10.8 Å². The van der Waals surface area contributed by atoms with Crippen molar-refractivity contribution in [1.82, 2.24) is 5.32 Å². The van der Waals surface area contributed by atoms with Crippen molar-refractivity contribution < 1.29 is 13.6 Å². The number of nitrogens with one attached hydrogen (secondary N) is 1. The molecule has 0 heterocycles. The molecule has 0 aliphatic rings. The average molecular weight is 311 g/mol. The van der Waals surface area contributed by atoms with Gasteiger partial charge in [-0.3, -0.25) is 4.79 Å². The second kappa shape index (κ2) is 6.16. The van der Waals surface area contributed by atoms with E-state index in [9.17, 15) is 13.6 Å². The van der Waals surface area contributed by atoms with E-state index in [4.69, 9.17) is 0 Å². The van der Waals surface area contributed by atoms with Crippen LogP contribution in [-0.2, 0) is 0 Å². The number of rotatable bonds is 3. The molecule has 1 amide bonds. The first-order valence-corrected chi connectivity index (χ1v) is 7.30. The van der Waals surface area contributed by atoms with Crippen LogP contribution in [0, 0.1) is 11.6 Å².